The van der Waals surface area contributed by atoms with Crippen LogP contribution >= 0.6 is 11.8 Å². The van der Waals surface area contributed by atoms with Crippen LogP contribution in [0.2, 0.25) is 0 Å². The summed E-state index contributed by atoms with van der Waals surface area (Å²) < 4.78 is 1.89. The van der Waals surface area contributed by atoms with Crippen molar-refractivity contribution in [3.63, 3.8) is 0 Å². The van der Waals surface area contributed by atoms with Gasteiger partial charge in [-0.3, -0.25) is 0 Å². The molecule has 0 fully saturated rings. The lowest BCUT2D eigenvalue weighted by atomic mass is 10.1. The normalized spacial score (nSPS) is 12.7. The van der Waals surface area contributed by atoms with Gasteiger partial charge in [0.05, 0.1) is 0 Å². The summed E-state index contributed by atoms with van der Waals surface area (Å²) in [7, 11) is 1.93. The highest BCUT2D eigenvalue weighted by atomic mass is 32.2. The minimum atomic E-state index is 0.0249. The van der Waals surface area contributed by atoms with Crippen molar-refractivity contribution in [2.75, 3.05) is 0 Å². The average Bonchev–Trinajstić information content (AvgIpc) is 2.65. The predicted octanol–water partition coefficient (Wildman–Crippen LogP) is 1.99. The highest BCUT2D eigenvalue weighted by Gasteiger charge is 2.10. The van der Waals surface area contributed by atoms with E-state index in [1.54, 1.807) is 18.1 Å². The SMILES string of the molecule is C[C@H](N)c1ccccc1Sc1nncn1C. The van der Waals surface area contributed by atoms with Crippen molar-refractivity contribution < 1.29 is 0 Å². The molecule has 0 spiro atoms. The number of nitrogens with two attached hydrogens (primary N) is 1. The average molecular weight is 234 g/mol. The lowest BCUT2D eigenvalue weighted by Crippen LogP contribution is -2.06. The third-order valence-electron chi connectivity index (χ3n) is 2.28. The van der Waals surface area contributed by atoms with Crippen molar-refractivity contribution in [1.82, 2.24) is 14.8 Å². The molecule has 0 amide bonds. The fourth-order valence-electron chi connectivity index (χ4n) is 1.41. The minimum Gasteiger partial charge on any atom is -0.324 e. The second-order valence-corrected chi connectivity index (χ2v) is 4.66. The Labute approximate surface area is 98.9 Å². The number of rotatable bonds is 3. The lowest BCUT2D eigenvalue weighted by molar-refractivity contribution is 0.779. The second kappa shape index (κ2) is 4.67. The van der Waals surface area contributed by atoms with E-state index in [4.69, 9.17) is 5.73 Å². The highest BCUT2D eigenvalue weighted by Crippen LogP contribution is 2.30. The molecule has 0 unspecified atom stereocenters. The van der Waals surface area contributed by atoms with Crippen LogP contribution in [0.5, 0.6) is 0 Å². The molecule has 0 aliphatic rings. The second-order valence-electron chi connectivity index (χ2n) is 3.65. The van der Waals surface area contributed by atoms with Gasteiger partial charge in [0.25, 0.3) is 0 Å². The largest absolute Gasteiger partial charge is 0.324 e. The van der Waals surface area contributed by atoms with Gasteiger partial charge < -0.3 is 10.3 Å². The predicted molar refractivity (Wildman–Crippen MR) is 64.2 cm³/mol. The Balaban J connectivity index is 2.31. The molecule has 2 aromatic rings. The summed E-state index contributed by atoms with van der Waals surface area (Å²) in [6.07, 6.45) is 1.69. The van der Waals surface area contributed by atoms with Crippen LogP contribution in [0.4, 0.5) is 0 Å². The number of nitrogens with zero attached hydrogens (tertiary/aromatic N) is 3. The number of benzene rings is 1. The number of aryl methyl sites for hydroxylation is 1. The Morgan fingerprint density at radius 1 is 1.38 bits per heavy atom. The van der Waals surface area contributed by atoms with Crippen LogP contribution in [0.15, 0.2) is 40.6 Å². The maximum atomic E-state index is 5.93. The summed E-state index contributed by atoms with van der Waals surface area (Å²) in [5, 5.41) is 8.77. The summed E-state index contributed by atoms with van der Waals surface area (Å²) in [4.78, 5) is 1.13. The molecule has 0 aliphatic heterocycles. The molecule has 2 rings (SSSR count). The first-order valence-corrected chi connectivity index (χ1v) is 5.86. The van der Waals surface area contributed by atoms with Crippen LogP contribution in [-0.2, 0) is 7.05 Å². The zero-order chi connectivity index (χ0) is 11.5. The number of hydrogen-bond donors (Lipinski definition) is 1. The fraction of sp³-hybridized carbons (Fsp3) is 0.273. The smallest absolute Gasteiger partial charge is 0.195 e. The first kappa shape index (κ1) is 11.2. The van der Waals surface area contributed by atoms with E-state index in [1.165, 1.54) is 0 Å². The molecule has 1 aromatic heterocycles. The molecule has 0 saturated heterocycles. The van der Waals surface area contributed by atoms with Crippen LogP contribution in [-0.4, -0.2) is 14.8 Å². The summed E-state index contributed by atoms with van der Waals surface area (Å²) in [6, 6.07) is 8.13. The van der Waals surface area contributed by atoms with Gasteiger partial charge in [0.15, 0.2) is 5.16 Å². The molecule has 0 bridgehead atoms. The summed E-state index contributed by atoms with van der Waals surface area (Å²) in [5.41, 5.74) is 7.06. The van der Waals surface area contributed by atoms with Gasteiger partial charge in [-0.05, 0) is 30.3 Å². The Hall–Kier alpha value is -1.33. The monoisotopic (exact) mass is 234 g/mol. The van der Waals surface area contributed by atoms with Gasteiger partial charge >= 0.3 is 0 Å². The quantitative estimate of drug-likeness (QED) is 0.882. The van der Waals surface area contributed by atoms with Crippen molar-refractivity contribution >= 4 is 11.8 Å². The zero-order valence-corrected chi connectivity index (χ0v) is 10.1. The molecule has 16 heavy (non-hydrogen) atoms. The highest BCUT2D eigenvalue weighted by molar-refractivity contribution is 7.99. The summed E-state index contributed by atoms with van der Waals surface area (Å²) in [6.45, 7) is 1.98. The molecule has 0 saturated carbocycles. The molecule has 0 radical (unpaired) electrons. The van der Waals surface area contributed by atoms with E-state index >= 15 is 0 Å². The van der Waals surface area contributed by atoms with Gasteiger partial charge in [0.1, 0.15) is 6.33 Å². The molecule has 1 atom stereocenters. The van der Waals surface area contributed by atoms with Crippen LogP contribution in [0.25, 0.3) is 0 Å². The van der Waals surface area contributed by atoms with Crippen molar-refractivity contribution in [3.05, 3.63) is 36.2 Å². The van der Waals surface area contributed by atoms with Crippen LogP contribution in [0, 0.1) is 0 Å². The van der Waals surface area contributed by atoms with Crippen LogP contribution in [0.1, 0.15) is 18.5 Å². The van der Waals surface area contributed by atoms with E-state index in [0.717, 1.165) is 15.6 Å². The van der Waals surface area contributed by atoms with Gasteiger partial charge in [-0.2, -0.15) is 0 Å². The fourth-order valence-corrected chi connectivity index (χ4v) is 2.41. The molecular weight excluding hydrogens is 220 g/mol. The van der Waals surface area contributed by atoms with Gasteiger partial charge in [0, 0.05) is 18.0 Å². The molecule has 84 valence electrons. The van der Waals surface area contributed by atoms with Crippen molar-refractivity contribution in [2.24, 2.45) is 12.8 Å². The summed E-state index contributed by atoms with van der Waals surface area (Å²) in [5.74, 6) is 0. The molecule has 0 aliphatic carbocycles. The maximum absolute atomic E-state index is 5.93. The molecule has 4 nitrogen and oxygen atoms in total. The molecule has 1 heterocycles. The van der Waals surface area contributed by atoms with E-state index in [1.807, 2.05) is 36.7 Å². The number of hydrogen-bond acceptors (Lipinski definition) is 4. The van der Waals surface area contributed by atoms with E-state index < -0.39 is 0 Å². The Kier molecular flexibility index (Phi) is 3.26. The Morgan fingerprint density at radius 2 is 2.12 bits per heavy atom. The van der Waals surface area contributed by atoms with Gasteiger partial charge in [-0.15, -0.1) is 10.2 Å². The van der Waals surface area contributed by atoms with Gasteiger partial charge in [-0.25, -0.2) is 0 Å². The standard InChI is InChI=1S/C11H14N4S/c1-8(12)9-5-3-4-6-10(9)16-11-14-13-7-15(11)2/h3-8H,12H2,1-2H3/t8-/m0/s1. The third kappa shape index (κ3) is 2.25. The van der Waals surface area contributed by atoms with E-state index in [9.17, 15) is 0 Å². The first-order valence-electron chi connectivity index (χ1n) is 5.05. The van der Waals surface area contributed by atoms with Crippen molar-refractivity contribution in [2.45, 2.75) is 23.0 Å². The Morgan fingerprint density at radius 3 is 2.75 bits per heavy atom. The van der Waals surface area contributed by atoms with Crippen LogP contribution < -0.4 is 5.73 Å². The summed E-state index contributed by atoms with van der Waals surface area (Å²) >= 11 is 1.59. The molecule has 5 heteroatoms. The molecule has 1 aromatic carbocycles. The van der Waals surface area contributed by atoms with Crippen molar-refractivity contribution in [3.8, 4) is 0 Å². The molecular formula is C11H14N4S. The van der Waals surface area contributed by atoms with Crippen molar-refractivity contribution in [1.29, 1.82) is 0 Å². The van der Waals surface area contributed by atoms with Crippen LogP contribution in [0.3, 0.4) is 0 Å². The molecule has 2 N–H and O–H groups in total. The maximum Gasteiger partial charge on any atom is 0.195 e. The zero-order valence-electron chi connectivity index (χ0n) is 9.29. The topological polar surface area (TPSA) is 56.7 Å². The van der Waals surface area contributed by atoms with Gasteiger partial charge in [0.2, 0.25) is 0 Å². The minimum absolute atomic E-state index is 0.0249. The van der Waals surface area contributed by atoms with E-state index in [-0.39, 0.29) is 6.04 Å². The van der Waals surface area contributed by atoms with Gasteiger partial charge in [-0.1, -0.05) is 18.2 Å². The lowest BCUT2D eigenvalue weighted by Gasteiger charge is -2.11. The third-order valence-corrected chi connectivity index (χ3v) is 3.42. The van der Waals surface area contributed by atoms with E-state index in [2.05, 4.69) is 16.3 Å². The number of aromatic nitrogens is 3. The first-order chi connectivity index (χ1) is 7.68. The van der Waals surface area contributed by atoms with E-state index in [0.29, 0.717) is 0 Å². The Bertz CT molecular complexity index is 478.